The summed E-state index contributed by atoms with van der Waals surface area (Å²) in [5, 5.41) is 4.61. The summed E-state index contributed by atoms with van der Waals surface area (Å²) < 4.78 is 1.16. The van der Waals surface area contributed by atoms with Crippen LogP contribution in [0.3, 0.4) is 0 Å². The molecule has 1 aliphatic heterocycles. The van der Waals surface area contributed by atoms with Gasteiger partial charge in [0.05, 0.1) is 10.9 Å². The number of Topliss-reactive ketones (excluding diaryl/α,β-unsaturated/α-hetero) is 1. The molecule has 0 saturated carbocycles. The molecule has 0 spiro atoms. The molecule has 0 unspecified atom stereocenters. The number of thiazole rings is 1. The quantitative estimate of drug-likeness (QED) is 0.495. The summed E-state index contributed by atoms with van der Waals surface area (Å²) in [7, 11) is 0. The Morgan fingerprint density at radius 2 is 2.24 bits per heavy atom. The SMILES string of the molecule is CC[C@H](C)CCCC(=O)Cc1sc2c(c1-c1nc3cnccc3s1)C[C@H](C)NC2. The Hall–Kier alpha value is -1.63. The van der Waals surface area contributed by atoms with Gasteiger partial charge in [0, 0.05) is 46.9 Å². The predicted molar refractivity (Wildman–Crippen MR) is 123 cm³/mol. The van der Waals surface area contributed by atoms with Crippen molar-refractivity contribution in [2.45, 2.75) is 71.9 Å². The summed E-state index contributed by atoms with van der Waals surface area (Å²) in [4.78, 5) is 24.5. The van der Waals surface area contributed by atoms with Gasteiger partial charge in [0.15, 0.2) is 0 Å². The second kappa shape index (κ2) is 9.02. The third kappa shape index (κ3) is 4.60. The lowest BCUT2D eigenvalue weighted by Gasteiger charge is -2.20. The lowest BCUT2D eigenvalue weighted by atomic mass is 9.96. The number of nitrogens with one attached hydrogen (secondary N) is 1. The number of fused-ring (bicyclic) bond motifs is 2. The number of rotatable bonds is 8. The van der Waals surface area contributed by atoms with Gasteiger partial charge in [-0.25, -0.2) is 4.98 Å². The zero-order valence-corrected chi connectivity index (χ0v) is 19.1. The number of carbonyl (C=O) groups is 1. The van der Waals surface area contributed by atoms with E-state index in [-0.39, 0.29) is 0 Å². The van der Waals surface area contributed by atoms with Gasteiger partial charge in [-0.1, -0.05) is 26.7 Å². The second-order valence-electron chi connectivity index (χ2n) is 8.27. The van der Waals surface area contributed by atoms with Crippen LogP contribution in [0, 0.1) is 5.92 Å². The van der Waals surface area contributed by atoms with Crippen LogP contribution in [-0.2, 0) is 24.2 Å². The Morgan fingerprint density at radius 1 is 1.38 bits per heavy atom. The maximum absolute atomic E-state index is 12.8. The van der Waals surface area contributed by atoms with Crippen molar-refractivity contribution in [3.63, 3.8) is 0 Å². The molecule has 1 N–H and O–H groups in total. The third-order valence-electron chi connectivity index (χ3n) is 5.90. The Bertz CT molecular complexity index is 974. The number of carbonyl (C=O) groups excluding carboxylic acids is 1. The lowest BCUT2D eigenvalue weighted by molar-refractivity contribution is -0.118. The van der Waals surface area contributed by atoms with Crippen molar-refractivity contribution < 1.29 is 4.79 Å². The van der Waals surface area contributed by atoms with Crippen molar-refractivity contribution in [3.05, 3.63) is 33.8 Å². The van der Waals surface area contributed by atoms with Gasteiger partial charge >= 0.3 is 0 Å². The van der Waals surface area contributed by atoms with Gasteiger partial charge in [0.1, 0.15) is 16.3 Å². The molecule has 4 nitrogen and oxygen atoms in total. The molecule has 0 saturated heterocycles. The molecule has 4 heterocycles. The smallest absolute Gasteiger partial charge is 0.138 e. The summed E-state index contributed by atoms with van der Waals surface area (Å²) in [5.74, 6) is 1.06. The normalized spacial score (nSPS) is 17.4. The fourth-order valence-electron chi connectivity index (χ4n) is 3.95. The van der Waals surface area contributed by atoms with Crippen LogP contribution < -0.4 is 5.32 Å². The van der Waals surface area contributed by atoms with Crippen molar-refractivity contribution in [2.75, 3.05) is 0 Å². The highest BCUT2D eigenvalue weighted by Gasteiger charge is 2.27. The first kappa shape index (κ1) is 20.6. The molecule has 0 fully saturated rings. The van der Waals surface area contributed by atoms with E-state index in [1.807, 2.05) is 29.8 Å². The molecule has 3 aromatic rings. The van der Waals surface area contributed by atoms with Crippen LogP contribution in [0.4, 0.5) is 0 Å². The first-order chi connectivity index (χ1) is 14.0. The predicted octanol–water partition coefficient (Wildman–Crippen LogP) is 5.78. The fourth-order valence-corrected chi connectivity index (χ4v) is 6.37. The zero-order valence-electron chi connectivity index (χ0n) is 17.5. The van der Waals surface area contributed by atoms with Crippen LogP contribution in [0.5, 0.6) is 0 Å². The van der Waals surface area contributed by atoms with E-state index in [1.54, 1.807) is 11.3 Å². The summed E-state index contributed by atoms with van der Waals surface area (Å²) in [6.45, 7) is 7.61. The van der Waals surface area contributed by atoms with Crippen molar-refractivity contribution >= 4 is 38.7 Å². The molecule has 0 aliphatic carbocycles. The third-order valence-corrected chi connectivity index (χ3v) is 8.18. The first-order valence-corrected chi connectivity index (χ1v) is 12.3. The van der Waals surface area contributed by atoms with Gasteiger partial charge in [0.25, 0.3) is 0 Å². The molecule has 6 heteroatoms. The summed E-state index contributed by atoms with van der Waals surface area (Å²) in [6, 6.07) is 2.48. The summed E-state index contributed by atoms with van der Waals surface area (Å²) >= 11 is 3.53. The molecule has 3 aromatic heterocycles. The Kier molecular flexibility index (Phi) is 6.42. The summed E-state index contributed by atoms with van der Waals surface area (Å²) in [5.41, 5.74) is 3.57. The fraction of sp³-hybridized carbons (Fsp3) is 0.522. The standard InChI is InChI=1S/C23H29N3OS2/c1-4-14(2)6-5-7-16(27)11-20-22(17-10-15(3)25-13-21(17)28-20)23-26-18-12-24-9-8-19(18)29-23/h8-9,12,14-15,25H,4-7,10-11,13H2,1-3H3/t14-,15-/m0/s1. The Morgan fingerprint density at radius 3 is 3.03 bits per heavy atom. The van der Waals surface area contributed by atoms with E-state index in [4.69, 9.17) is 4.98 Å². The maximum atomic E-state index is 12.8. The zero-order chi connectivity index (χ0) is 20.4. The maximum Gasteiger partial charge on any atom is 0.138 e. The topological polar surface area (TPSA) is 54.9 Å². The van der Waals surface area contributed by atoms with E-state index in [2.05, 4.69) is 31.1 Å². The first-order valence-electron chi connectivity index (χ1n) is 10.6. The molecule has 154 valence electrons. The number of hydrogen-bond acceptors (Lipinski definition) is 6. The number of hydrogen-bond donors (Lipinski definition) is 1. The van der Waals surface area contributed by atoms with Crippen LogP contribution in [0.25, 0.3) is 20.8 Å². The molecule has 2 atom stereocenters. The highest BCUT2D eigenvalue weighted by Crippen LogP contribution is 2.42. The van der Waals surface area contributed by atoms with E-state index in [1.165, 1.54) is 27.3 Å². The molecule has 29 heavy (non-hydrogen) atoms. The number of ketones is 1. The average molecular weight is 428 g/mol. The molecule has 0 aromatic carbocycles. The van der Waals surface area contributed by atoms with Crippen LogP contribution in [0.2, 0.25) is 0 Å². The Balaban J connectivity index is 1.62. The molecule has 1 aliphatic rings. The van der Waals surface area contributed by atoms with Crippen LogP contribution in [0.15, 0.2) is 18.5 Å². The van der Waals surface area contributed by atoms with E-state index >= 15 is 0 Å². The molecular formula is C23H29N3OS2. The Labute approximate surface area is 180 Å². The minimum atomic E-state index is 0.358. The van der Waals surface area contributed by atoms with Gasteiger partial charge in [-0.15, -0.1) is 22.7 Å². The minimum absolute atomic E-state index is 0.358. The minimum Gasteiger partial charge on any atom is -0.309 e. The van der Waals surface area contributed by atoms with Gasteiger partial charge in [0.2, 0.25) is 0 Å². The van der Waals surface area contributed by atoms with Crippen LogP contribution >= 0.6 is 22.7 Å². The average Bonchev–Trinajstić information content (AvgIpc) is 3.27. The molecule has 0 radical (unpaired) electrons. The van der Waals surface area contributed by atoms with Gasteiger partial charge in [-0.2, -0.15) is 0 Å². The number of pyridine rings is 1. The van der Waals surface area contributed by atoms with Crippen molar-refractivity contribution in [3.8, 4) is 10.6 Å². The summed E-state index contributed by atoms with van der Waals surface area (Å²) in [6.07, 6.45) is 9.20. The van der Waals surface area contributed by atoms with Crippen molar-refractivity contribution in [1.82, 2.24) is 15.3 Å². The van der Waals surface area contributed by atoms with Crippen LogP contribution in [0.1, 0.15) is 61.8 Å². The van der Waals surface area contributed by atoms with Crippen LogP contribution in [-0.4, -0.2) is 21.8 Å². The highest BCUT2D eigenvalue weighted by molar-refractivity contribution is 7.22. The van der Waals surface area contributed by atoms with Gasteiger partial charge < -0.3 is 5.32 Å². The highest BCUT2D eigenvalue weighted by atomic mass is 32.1. The molecule has 0 amide bonds. The monoisotopic (exact) mass is 427 g/mol. The van der Waals surface area contributed by atoms with E-state index in [0.29, 0.717) is 30.6 Å². The largest absolute Gasteiger partial charge is 0.309 e. The molecule has 0 bridgehead atoms. The van der Waals surface area contributed by atoms with Gasteiger partial charge in [-0.3, -0.25) is 9.78 Å². The molecular weight excluding hydrogens is 398 g/mol. The number of nitrogens with zero attached hydrogens (tertiary/aromatic N) is 2. The van der Waals surface area contributed by atoms with E-state index < -0.39 is 0 Å². The van der Waals surface area contributed by atoms with Crippen molar-refractivity contribution in [1.29, 1.82) is 0 Å². The molecule has 4 rings (SSSR count). The van der Waals surface area contributed by atoms with E-state index in [0.717, 1.165) is 41.0 Å². The van der Waals surface area contributed by atoms with Crippen molar-refractivity contribution in [2.24, 2.45) is 5.92 Å². The second-order valence-corrected chi connectivity index (χ2v) is 10.5. The van der Waals surface area contributed by atoms with Gasteiger partial charge in [-0.05, 0) is 37.3 Å². The van der Waals surface area contributed by atoms with E-state index in [9.17, 15) is 4.79 Å². The number of aromatic nitrogens is 2. The lowest BCUT2D eigenvalue weighted by Crippen LogP contribution is -2.32. The number of thiophene rings is 1.